The van der Waals surface area contributed by atoms with E-state index in [-0.39, 0.29) is 0 Å². The molecular formula is C16H15ClO3. The Morgan fingerprint density at radius 2 is 1.70 bits per heavy atom. The van der Waals surface area contributed by atoms with Crippen molar-refractivity contribution in [1.82, 2.24) is 0 Å². The second-order valence-electron chi connectivity index (χ2n) is 4.14. The minimum absolute atomic E-state index is 0.434. The number of carbonyl (C=O) groups excluding carboxylic acids is 1. The first-order valence-electron chi connectivity index (χ1n) is 6.35. The normalized spacial score (nSPS) is 10.1. The Bertz CT molecular complexity index is 555. The average molecular weight is 291 g/mol. The molecule has 0 bridgehead atoms. The standard InChI is InChI=1S/C16H15ClO3/c17-15-9-4-6-13(12-18)16(15)20-11-5-10-19-14-7-2-1-3-8-14/h1-4,6-9,12H,5,10-11H2. The van der Waals surface area contributed by atoms with E-state index in [2.05, 4.69) is 0 Å². The highest BCUT2D eigenvalue weighted by atomic mass is 35.5. The molecule has 0 radical (unpaired) electrons. The Morgan fingerprint density at radius 1 is 0.950 bits per heavy atom. The predicted molar refractivity (Wildman–Crippen MR) is 78.9 cm³/mol. The molecule has 0 aliphatic rings. The van der Waals surface area contributed by atoms with Gasteiger partial charge < -0.3 is 9.47 Å². The summed E-state index contributed by atoms with van der Waals surface area (Å²) in [4.78, 5) is 10.9. The lowest BCUT2D eigenvalue weighted by Gasteiger charge is -2.10. The molecule has 2 rings (SSSR count). The summed E-state index contributed by atoms with van der Waals surface area (Å²) < 4.78 is 11.1. The first-order chi connectivity index (χ1) is 9.81. The van der Waals surface area contributed by atoms with E-state index in [1.165, 1.54) is 0 Å². The smallest absolute Gasteiger partial charge is 0.153 e. The van der Waals surface area contributed by atoms with Gasteiger partial charge in [-0.2, -0.15) is 0 Å². The molecule has 0 N–H and O–H groups in total. The zero-order valence-electron chi connectivity index (χ0n) is 10.9. The molecule has 0 atom stereocenters. The Hall–Kier alpha value is -2.00. The van der Waals surface area contributed by atoms with E-state index >= 15 is 0 Å². The first kappa shape index (κ1) is 14.4. The molecule has 3 nitrogen and oxygen atoms in total. The fraction of sp³-hybridized carbons (Fsp3) is 0.188. The molecule has 2 aromatic carbocycles. The number of halogens is 1. The molecule has 0 saturated carbocycles. The van der Waals surface area contributed by atoms with Gasteiger partial charge >= 0.3 is 0 Å². The van der Waals surface area contributed by atoms with Crippen LogP contribution < -0.4 is 9.47 Å². The number of ether oxygens (including phenoxy) is 2. The molecule has 0 aromatic heterocycles. The van der Waals surface area contributed by atoms with Crippen molar-refractivity contribution in [1.29, 1.82) is 0 Å². The van der Waals surface area contributed by atoms with E-state index in [0.717, 1.165) is 12.0 Å². The van der Waals surface area contributed by atoms with Crippen LogP contribution in [0.3, 0.4) is 0 Å². The summed E-state index contributed by atoms with van der Waals surface area (Å²) >= 11 is 6.00. The minimum atomic E-state index is 0.434. The maximum absolute atomic E-state index is 10.9. The Morgan fingerprint density at radius 3 is 2.45 bits per heavy atom. The van der Waals surface area contributed by atoms with Gasteiger partial charge in [0.2, 0.25) is 0 Å². The lowest BCUT2D eigenvalue weighted by Crippen LogP contribution is -2.06. The van der Waals surface area contributed by atoms with Gasteiger partial charge in [0.15, 0.2) is 6.29 Å². The number of hydrogen-bond acceptors (Lipinski definition) is 3. The van der Waals surface area contributed by atoms with Crippen LogP contribution in [0.25, 0.3) is 0 Å². The Labute approximate surface area is 123 Å². The molecule has 4 heteroatoms. The third kappa shape index (κ3) is 4.00. The third-order valence-corrected chi connectivity index (χ3v) is 2.97. The second kappa shape index (κ2) is 7.56. The molecule has 20 heavy (non-hydrogen) atoms. The number of benzene rings is 2. The van der Waals surface area contributed by atoms with Gasteiger partial charge in [0, 0.05) is 6.42 Å². The van der Waals surface area contributed by atoms with E-state index in [0.29, 0.717) is 36.0 Å². The summed E-state index contributed by atoms with van der Waals surface area (Å²) in [6.45, 7) is 0.988. The molecule has 2 aromatic rings. The van der Waals surface area contributed by atoms with E-state index in [4.69, 9.17) is 21.1 Å². The number of rotatable bonds is 7. The summed E-state index contributed by atoms with van der Waals surface area (Å²) in [6.07, 6.45) is 1.44. The molecule has 0 amide bonds. The summed E-state index contributed by atoms with van der Waals surface area (Å²) in [5.74, 6) is 1.27. The number of aldehydes is 1. The topological polar surface area (TPSA) is 35.5 Å². The highest BCUT2D eigenvalue weighted by Crippen LogP contribution is 2.27. The molecule has 0 fully saturated rings. The average Bonchev–Trinajstić information content (AvgIpc) is 2.49. The first-order valence-corrected chi connectivity index (χ1v) is 6.73. The number of hydrogen-bond donors (Lipinski definition) is 0. The minimum Gasteiger partial charge on any atom is -0.493 e. The molecule has 0 spiro atoms. The highest BCUT2D eigenvalue weighted by molar-refractivity contribution is 6.32. The zero-order valence-corrected chi connectivity index (χ0v) is 11.7. The summed E-state index contributed by atoms with van der Waals surface area (Å²) in [5, 5.41) is 0.443. The Kier molecular flexibility index (Phi) is 5.44. The van der Waals surface area contributed by atoms with Gasteiger partial charge in [-0.05, 0) is 24.3 Å². The molecular weight excluding hydrogens is 276 g/mol. The van der Waals surface area contributed by atoms with Crippen LogP contribution in [0.1, 0.15) is 16.8 Å². The van der Waals surface area contributed by atoms with Crippen LogP contribution in [0, 0.1) is 0 Å². The van der Waals surface area contributed by atoms with Crippen molar-refractivity contribution in [3.8, 4) is 11.5 Å². The molecule has 104 valence electrons. The molecule has 0 heterocycles. The van der Waals surface area contributed by atoms with Gasteiger partial charge in [-0.3, -0.25) is 4.79 Å². The lowest BCUT2D eigenvalue weighted by molar-refractivity contribution is 0.111. The van der Waals surface area contributed by atoms with Gasteiger partial charge in [0.1, 0.15) is 11.5 Å². The quantitative estimate of drug-likeness (QED) is 0.571. The molecule has 0 aliphatic carbocycles. The largest absolute Gasteiger partial charge is 0.493 e. The third-order valence-electron chi connectivity index (χ3n) is 2.67. The number of carbonyl (C=O) groups is 1. The van der Waals surface area contributed by atoms with Crippen LogP contribution in [-0.2, 0) is 0 Å². The van der Waals surface area contributed by atoms with Crippen LogP contribution in [0.2, 0.25) is 5.02 Å². The van der Waals surface area contributed by atoms with E-state index < -0.39 is 0 Å². The fourth-order valence-corrected chi connectivity index (χ4v) is 1.95. The van der Waals surface area contributed by atoms with Gasteiger partial charge in [-0.15, -0.1) is 0 Å². The summed E-state index contributed by atoms with van der Waals surface area (Å²) in [5.41, 5.74) is 0.460. The van der Waals surface area contributed by atoms with E-state index in [9.17, 15) is 4.79 Å². The zero-order chi connectivity index (χ0) is 14.2. The lowest BCUT2D eigenvalue weighted by atomic mass is 10.2. The van der Waals surface area contributed by atoms with Crippen molar-refractivity contribution in [3.05, 3.63) is 59.1 Å². The second-order valence-corrected chi connectivity index (χ2v) is 4.55. The van der Waals surface area contributed by atoms with Crippen molar-refractivity contribution in [3.63, 3.8) is 0 Å². The van der Waals surface area contributed by atoms with Gasteiger partial charge in [0.25, 0.3) is 0 Å². The van der Waals surface area contributed by atoms with Crippen LogP contribution >= 0.6 is 11.6 Å². The van der Waals surface area contributed by atoms with Crippen molar-refractivity contribution < 1.29 is 14.3 Å². The van der Waals surface area contributed by atoms with Gasteiger partial charge in [-0.25, -0.2) is 0 Å². The van der Waals surface area contributed by atoms with Crippen molar-refractivity contribution in [2.45, 2.75) is 6.42 Å². The van der Waals surface area contributed by atoms with Crippen LogP contribution in [0.4, 0.5) is 0 Å². The molecule has 0 unspecified atom stereocenters. The molecule has 0 saturated heterocycles. The van der Waals surface area contributed by atoms with Gasteiger partial charge in [-0.1, -0.05) is 35.9 Å². The SMILES string of the molecule is O=Cc1cccc(Cl)c1OCCCOc1ccccc1. The van der Waals surface area contributed by atoms with E-state index in [1.807, 2.05) is 30.3 Å². The van der Waals surface area contributed by atoms with Crippen molar-refractivity contribution >= 4 is 17.9 Å². The highest BCUT2D eigenvalue weighted by Gasteiger charge is 2.07. The summed E-state index contributed by atoms with van der Waals surface area (Å²) in [7, 11) is 0. The summed E-state index contributed by atoms with van der Waals surface area (Å²) in [6, 6.07) is 14.7. The predicted octanol–water partition coefficient (Wildman–Crippen LogP) is 4.00. The van der Waals surface area contributed by atoms with E-state index in [1.54, 1.807) is 18.2 Å². The maximum Gasteiger partial charge on any atom is 0.153 e. The molecule has 0 aliphatic heterocycles. The van der Waals surface area contributed by atoms with Crippen molar-refractivity contribution in [2.24, 2.45) is 0 Å². The van der Waals surface area contributed by atoms with Crippen LogP contribution in [-0.4, -0.2) is 19.5 Å². The number of para-hydroxylation sites is 2. The maximum atomic E-state index is 10.9. The monoisotopic (exact) mass is 290 g/mol. The van der Waals surface area contributed by atoms with Gasteiger partial charge in [0.05, 0.1) is 23.8 Å². The fourth-order valence-electron chi connectivity index (χ4n) is 1.71. The van der Waals surface area contributed by atoms with Crippen LogP contribution in [0.15, 0.2) is 48.5 Å². The van der Waals surface area contributed by atoms with Crippen molar-refractivity contribution in [2.75, 3.05) is 13.2 Å². The van der Waals surface area contributed by atoms with Crippen LogP contribution in [0.5, 0.6) is 11.5 Å². The Balaban J connectivity index is 1.78.